The molecule has 0 radical (unpaired) electrons. The zero-order valence-corrected chi connectivity index (χ0v) is 11.8. The molecule has 0 spiro atoms. The smallest absolute Gasteiger partial charge is 0.326 e. The quantitative estimate of drug-likeness (QED) is 0.858. The summed E-state index contributed by atoms with van der Waals surface area (Å²) in [4.78, 5) is 25.2. The van der Waals surface area contributed by atoms with Crippen LogP contribution in [0.1, 0.15) is 19.3 Å². The van der Waals surface area contributed by atoms with Gasteiger partial charge < -0.3 is 15.3 Å². The van der Waals surface area contributed by atoms with Crippen molar-refractivity contribution >= 4 is 12.0 Å². The first-order valence-electron chi connectivity index (χ1n) is 7.41. The maximum Gasteiger partial charge on any atom is 0.326 e. The van der Waals surface area contributed by atoms with E-state index in [1.54, 1.807) is 10.9 Å². The summed E-state index contributed by atoms with van der Waals surface area (Å²) in [6, 6.07) is 0.885. The Morgan fingerprint density at radius 1 is 1.38 bits per heavy atom. The van der Waals surface area contributed by atoms with Crippen molar-refractivity contribution < 1.29 is 14.7 Å². The lowest BCUT2D eigenvalue weighted by molar-refractivity contribution is -0.142. The van der Waals surface area contributed by atoms with Gasteiger partial charge in [-0.2, -0.15) is 5.10 Å². The molecule has 0 bridgehead atoms. The predicted octanol–water partition coefficient (Wildman–Crippen LogP) is 0.778. The molecule has 1 aliphatic carbocycles. The van der Waals surface area contributed by atoms with Crippen LogP contribution in [-0.4, -0.2) is 50.9 Å². The number of nitrogens with zero attached hydrogens (tertiary/aromatic N) is 3. The Bertz CT molecular complexity index is 516. The van der Waals surface area contributed by atoms with Gasteiger partial charge in [-0.05, 0) is 30.7 Å². The van der Waals surface area contributed by atoms with Gasteiger partial charge in [0.05, 0.1) is 6.54 Å². The summed E-state index contributed by atoms with van der Waals surface area (Å²) in [7, 11) is 0. The number of carbonyl (C=O) groups excluding carboxylic acids is 1. The van der Waals surface area contributed by atoms with Crippen LogP contribution in [0.5, 0.6) is 0 Å². The molecule has 3 atom stereocenters. The third kappa shape index (κ3) is 2.72. The molecule has 2 amide bonds. The first kappa shape index (κ1) is 13.9. The Balaban J connectivity index is 1.57. The second kappa shape index (κ2) is 5.75. The lowest BCUT2D eigenvalue weighted by atomic mass is 9.94. The summed E-state index contributed by atoms with van der Waals surface area (Å²) in [5.41, 5.74) is 0. The molecule has 2 aliphatic rings. The van der Waals surface area contributed by atoms with Gasteiger partial charge in [0.15, 0.2) is 0 Å². The molecule has 2 fully saturated rings. The molecule has 2 N–H and O–H groups in total. The number of carbonyl (C=O) groups is 2. The monoisotopic (exact) mass is 292 g/mol. The maximum atomic E-state index is 12.2. The van der Waals surface area contributed by atoms with Gasteiger partial charge in [0.25, 0.3) is 0 Å². The standard InChI is InChI=1S/C14H20N4O3/c19-13(20)12-11-4-1-3-10(11)9-18(12)14(21)15-6-8-17-7-2-5-16-17/h2,5,7,10-12H,1,3-4,6,8-9H2,(H,15,21)(H,19,20). The van der Waals surface area contributed by atoms with Gasteiger partial charge in [-0.3, -0.25) is 4.68 Å². The van der Waals surface area contributed by atoms with E-state index in [0.717, 1.165) is 19.3 Å². The Morgan fingerprint density at radius 3 is 2.95 bits per heavy atom. The zero-order chi connectivity index (χ0) is 14.8. The highest BCUT2D eigenvalue weighted by molar-refractivity contribution is 5.83. The molecule has 1 aliphatic heterocycles. The van der Waals surface area contributed by atoms with E-state index in [0.29, 0.717) is 25.6 Å². The van der Waals surface area contributed by atoms with E-state index in [1.165, 1.54) is 4.90 Å². The number of carboxylic acids is 1. The first-order valence-corrected chi connectivity index (χ1v) is 7.41. The van der Waals surface area contributed by atoms with Crippen molar-refractivity contribution in [3.63, 3.8) is 0 Å². The van der Waals surface area contributed by atoms with Gasteiger partial charge in [-0.1, -0.05) is 6.42 Å². The summed E-state index contributed by atoms with van der Waals surface area (Å²) in [5.74, 6) is -0.408. The van der Waals surface area contributed by atoms with Gasteiger partial charge in [0, 0.05) is 25.5 Å². The van der Waals surface area contributed by atoms with Crippen molar-refractivity contribution in [2.75, 3.05) is 13.1 Å². The van der Waals surface area contributed by atoms with Crippen molar-refractivity contribution in [3.8, 4) is 0 Å². The van der Waals surface area contributed by atoms with Crippen LogP contribution in [0, 0.1) is 11.8 Å². The van der Waals surface area contributed by atoms with Gasteiger partial charge in [-0.25, -0.2) is 9.59 Å². The van der Waals surface area contributed by atoms with E-state index in [2.05, 4.69) is 10.4 Å². The Hall–Kier alpha value is -2.05. The zero-order valence-electron chi connectivity index (χ0n) is 11.8. The third-order valence-electron chi connectivity index (χ3n) is 4.58. The molecule has 1 aromatic rings. The summed E-state index contributed by atoms with van der Waals surface area (Å²) >= 11 is 0. The van der Waals surface area contributed by atoms with Crippen LogP contribution < -0.4 is 5.32 Å². The molecule has 7 nitrogen and oxygen atoms in total. The SMILES string of the molecule is O=C(O)C1C2CCCC2CN1C(=O)NCCn1cccn1. The summed E-state index contributed by atoms with van der Waals surface area (Å²) in [5, 5.41) is 16.3. The van der Waals surface area contributed by atoms with Crippen LogP contribution in [0.2, 0.25) is 0 Å². The fourth-order valence-corrected chi connectivity index (χ4v) is 3.64. The third-order valence-corrected chi connectivity index (χ3v) is 4.58. The molecule has 114 valence electrons. The Labute approximate surface area is 122 Å². The van der Waals surface area contributed by atoms with Crippen LogP contribution >= 0.6 is 0 Å². The maximum absolute atomic E-state index is 12.2. The minimum absolute atomic E-state index is 0.124. The number of carboxylic acid groups (broad SMARTS) is 1. The van der Waals surface area contributed by atoms with Crippen LogP contribution in [0.15, 0.2) is 18.5 Å². The fraction of sp³-hybridized carbons (Fsp3) is 0.643. The highest BCUT2D eigenvalue weighted by Gasteiger charge is 2.49. The summed E-state index contributed by atoms with van der Waals surface area (Å²) in [6.45, 7) is 1.59. The van der Waals surface area contributed by atoms with Gasteiger partial charge >= 0.3 is 12.0 Å². The predicted molar refractivity (Wildman–Crippen MR) is 74.6 cm³/mol. The number of rotatable bonds is 4. The van der Waals surface area contributed by atoms with Crippen LogP contribution in [-0.2, 0) is 11.3 Å². The molecule has 1 saturated carbocycles. The molecule has 2 heterocycles. The van der Waals surface area contributed by atoms with Crippen molar-refractivity contribution in [1.29, 1.82) is 0 Å². The average molecular weight is 292 g/mol. The van der Waals surface area contributed by atoms with Gasteiger partial charge in [0.2, 0.25) is 0 Å². The highest BCUT2D eigenvalue weighted by atomic mass is 16.4. The molecule has 1 aromatic heterocycles. The molecule has 3 rings (SSSR count). The van der Waals surface area contributed by atoms with Crippen molar-refractivity contribution in [3.05, 3.63) is 18.5 Å². The van der Waals surface area contributed by atoms with E-state index in [4.69, 9.17) is 0 Å². The molecule has 3 unspecified atom stereocenters. The van der Waals surface area contributed by atoms with Crippen molar-refractivity contribution in [2.45, 2.75) is 31.8 Å². The summed E-state index contributed by atoms with van der Waals surface area (Å²) < 4.78 is 1.73. The largest absolute Gasteiger partial charge is 0.480 e. The minimum Gasteiger partial charge on any atom is -0.480 e. The molecular weight excluding hydrogens is 272 g/mol. The molecule has 7 heteroatoms. The summed E-state index contributed by atoms with van der Waals surface area (Å²) in [6.07, 6.45) is 6.54. The lowest BCUT2D eigenvalue weighted by Gasteiger charge is -2.24. The molecular formula is C14H20N4O3. The number of likely N-dealkylation sites (tertiary alicyclic amines) is 1. The topological polar surface area (TPSA) is 87.5 Å². The fourth-order valence-electron chi connectivity index (χ4n) is 3.64. The van der Waals surface area contributed by atoms with Crippen molar-refractivity contribution in [2.24, 2.45) is 11.8 Å². The molecule has 1 saturated heterocycles. The molecule has 21 heavy (non-hydrogen) atoms. The minimum atomic E-state index is -0.883. The van der Waals surface area contributed by atoms with E-state index in [1.807, 2.05) is 12.3 Å². The van der Waals surface area contributed by atoms with Crippen LogP contribution in [0.25, 0.3) is 0 Å². The second-order valence-electron chi connectivity index (χ2n) is 5.79. The van der Waals surface area contributed by atoms with Gasteiger partial charge in [0.1, 0.15) is 6.04 Å². The van der Waals surface area contributed by atoms with E-state index in [9.17, 15) is 14.7 Å². The van der Waals surface area contributed by atoms with E-state index in [-0.39, 0.29) is 11.9 Å². The number of aromatic nitrogens is 2. The first-order chi connectivity index (χ1) is 10.2. The second-order valence-corrected chi connectivity index (χ2v) is 5.79. The lowest BCUT2D eigenvalue weighted by Crippen LogP contribution is -2.48. The number of fused-ring (bicyclic) bond motifs is 1. The van der Waals surface area contributed by atoms with Crippen LogP contribution in [0.4, 0.5) is 4.79 Å². The average Bonchev–Trinajstić information content (AvgIpc) is 3.13. The van der Waals surface area contributed by atoms with Gasteiger partial charge in [-0.15, -0.1) is 0 Å². The van der Waals surface area contributed by atoms with E-state index < -0.39 is 12.0 Å². The molecule has 0 aromatic carbocycles. The normalized spacial score (nSPS) is 27.6. The van der Waals surface area contributed by atoms with Crippen molar-refractivity contribution in [1.82, 2.24) is 20.0 Å². The number of hydrogen-bond donors (Lipinski definition) is 2. The number of urea groups is 1. The highest BCUT2D eigenvalue weighted by Crippen LogP contribution is 2.42. The van der Waals surface area contributed by atoms with Crippen LogP contribution in [0.3, 0.4) is 0 Å². The number of hydrogen-bond acceptors (Lipinski definition) is 3. The van der Waals surface area contributed by atoms with E-state index >= 15 is 0 Å². The Kier molecular flexibility index (Phi) is 3.81. The number of aliphatic carboxylic acids is 1. The number of amides is 2. The number of nitrogens with one attached hydrogen (secondary N) is 1. The Morgan fingerprint density at radius 2 is 2.24 bits per heavy atom.